The van der Waals surface area contributed by atoms with E-state index < -0.39 is 16.7 Å². The van der Waals surface area contributed by atoms with Gasteiger partial charge in [-0.25, -0.2) is 0 Å². The molecule has 7 heteroatoms. The molecular weight excluding hydrogens is 265 g/mol. The Morgan fingerprint density at radius 2 is 1.14 bits per heavy atom. The second-order valence-electron chi connectivity index (χ2n) is 0.408. The molecule has 0 saturated heterocycles. The molecule has 0 aromatic carbocycles. The maximum Gasteiger partial charge on any atom is 0 e. The fraction of sp³-hybridized carbons (Fsp3) is 0. The van der Waals surface area contributed by atoms with Crippen LogP contribution in [0.5, 0.6) is 0 Å². The molecule has 0 bridgehead atoms. The van der Waals surface area contributed by atoms with Gasteiger partial charge in [0.1, 0.15) is 0 Å². The third-order valence-electron chi connectivity index (χ3n) is 0. The van der Waals surface area contributed by atoms with E-state index in [0.717, 1.165) is 0 Å². The number of rotatable bonds is 0. The summed E-state index contributed by atoms with van der Waals surface area (Å²) >= 11 is -6.02. The second-order valence-corrected chi connectivity index (χ2v) is 2.42. The molecule has 0 aromatic rings. The third kappa shape index (κ3) is 68.6. The average molecular weight is 265 g/mol. The van der Waals surface area contributed by atoms with Gasteiger partial charge in [0.25, 0.3) is 0 Å². The van der Waals surface area contributed by atoms with Crippen LogP contribution in [0.15, 0.2) is 0 Å². The Hall–Kier alpha value is 2.09. The van der Waals surface area contributed by atoms with E-state index in [1.165, 1.54) is 0 Å². The monoisotopic (exact) mass is 266 g/mol. The zero-order valence-corrected chi connectivity index (χ0v) is 10.6. The maximum atomic E-state index is 8.63. The summed E-state index contributed by atoms with van der Waals surface area (Å²) in [5, 5.41) is 0. The summed E-state index contributed by atoms with van der Waals surface area (Å²) in [6.45, 7) is 0. The van der Waals surface area contributed by atoms with Crippen LogP contribution in [0.4, 0.5) is 0 Å². The fourth-order valence-corrected chi connectivity index (χ4v) is 0. The largest absolute Gasteiger partial charge is 0 e. The van der Waals surface area contributed by atoms with Crippen LogP contribution < -0.4 is 7.52 Å². The molecule has 0 aliphatic heterocycles. The Bertz CT molecular complexity index is 94.9. The molecule has 0 aromatic heterocycles. The molecule has 34 valence electrons. The van der Waals surface area contributed by atoms with Gasteiger partial charge in [0.05, 0.1) is 0 Å². The second kappa shape index (κ2) is 6.22. The summed E-state index contributed by atoms with van der Waals surface area (Å²) in [5.41, 5.74) is 0. The van der Waals surface area contributed by atoms with Crippen LogP contribution in [-0.2, 0) is 43.0 Å². The SMILES string of the molecule is [Ca+2].[O]=[Mo](=[O])([O-])[O-].[Zn]. The molecule has 0 aliphatic rings. The quantitative estimate of drug-likeness (QED) is 0.437. The topological polar surface area (TPSA) is 80.3 Å². The van der Waals surface area contributed by atoms with Crippen LogP contribution in [-0.4, -0.2) is 37.7 Å². The van der Waals surface area contributed by atoms with Gasteiger partial charge in [0.2, 0.25) is 0 Å². The number of hydrogen-bond acceptors (Lipinski definition) is 4. The zero-order chi connectivity index (χ0) is 4.50. The van der Waals surface area contributed by atoms with Crippen LogP contribution in [0.25, 0.3) is 0 Å². The van der Waals surface area contributed by atoms with Crippen molar-refractivity contribution >= 4 is 37.7 Å². The predicted molar refractivity (Wildman–Crippen MR) is 7.13 cm³/mol. The van der Waals surface area contributed by atoms with Gasteiger partial charge in [-0.1, -0.05) is 0 Å². The summed E-state index contributed by atoms with van der Waals surface area (Å²) in [5.74, 6) is 0. The van der Waals surface area contributed by atoms with Crippen LogP contribution in [0.3, 0.4) is 0 Å². The van der Waals surface area contributed by atoms with Crippen molar-refractivity contribution in [2.24, 2.45) is 0 Å². The van der Waals surface area contributed by atoms with E-state index in [0.29, 0.717) is 0 Å². The molecule has 7 heavy (non-hydrogen) atoms. The smallest absolute Gasteiger partial charge is 0 e. The third-order valence-corrected chi connectivity index (χ3v) is 0. The zero-order valence-electron chi connectivity index (χ0n) is 3.46. The van der Waals surface area contributed by atoms with Crippen LogP contribution in [0.2, 0.25) is 0 Å². The fourth-order valence-electron chi connectivity index (χ4n) is 0. The van der Waals surface area contributed by atoms with Crippen molar-refractivity contribution in [1.82, 2.24) is 0 Å². The van der Waals surface area contributed by atoms with E-state index in [1.807, 2.05) is 0 Å². The van der Waals surface area contributed by atoms with Crippen molar-refractivity contribution in [3.63, 3.8) is 0 Å². The van der Waals surface area contributed by atoms with E-state index in [-0.39, 0.29) is 57.2 Å². The molecule has 0 spiro atoms. The van der Waals surface area contributed by atoms with E-state index in [4.69, 9.17) is 14.3 Å². The standard InChI is InChI=1S/Ca.Mo.4O.Zn/q+2;;;;2*-1;. The van der Waals surface area contributed by atoms with Crippen molar-refractivity contribution in [1.29, 1.82) is 0 Å². The van der Waals surface area contributed by atoms with Gasteiger partial charge >= 0.3 is 68.8 Å². The van der Waals surface area contributed by atoms with Gasteiger partial charge in [-0.3, -0.25) is 0 Å². The summed E-state index contributed by atoms with van der Waals surface area (Å²) < 4.78 is 34.5. The molecule has 0 rings (SSSR count). The van der Waals surface area contributed by atoms with Crippen LogP contribution >= 0.6 is 0 Å². The average Bonchev–Trinajstić information content (AvgIpc) is 0.722. The molecule has 0 saturated carbocycles. The Labute approximate surface area is 86.8 Å². The van der Waals surface area contributed by atoms with E-state index >= 15 is 0 Å². The van der Waals surface area contributed by atoms with E-state index in [9.17, 15) is 0 Å². The Morgan fingerprint density at radius 3 is 1.14 bits per heavy atom. The maximum absolute atomic E-state index is 8.63. The van der Waals surface area contributed by atoms with Crippen molar-refractivity contribution in [3.05, 3.63) is 0 Å². The Balaban J connectivity index is -0.0000000800. The molecule has 0 fully saturated rings. The van der Waals surface area contributed by atoms with E-state index in [1.54, 1.807) is 0 Å². The van der Waals surface area contributed by atoms with Gasteiger partial charge in [0.15, 0.2) is 0 Å². The summed E-state index contributed by atoms with van der Waals surface area (Å²) in [6, 6.07) is 0. The molecule has 0 atom stereocenters. The summed E-state index contributed by atoms with van der Waals surface area (Å²) in [6.07, 6.45) is 0. The first-order valence-corrected chi connectivity index (χ1v) is 3.94. The Kier molecular flexibility index (Phi) is 14.2. The van der Waals surface area contributed by atoms with E-state index in [2.05, 4.69) is 0 Å². The summed E-state index contributed by atoms with van der Waals surface area (Å²) in [4.78, 5) is 0. The Morgan fingerprint density at radius 1 is 1.14 bits per heavy atom. The summed E-state index contributed by atoms with van der Waals surface area (Å²) in [7, 11) is 0. The molecule has 0 aliphatic carbocycles. The molecule has 0 heterocycles. The molecule has 0 amide bonds. The predicted octanol–water partition coefficient (Wildman–Crippen LogP) is -3.00. The van der Waals surface area contributed by atoms with Crippen LogP contribution in [0, 0.1) is 0 Å². The van der Waals surface area contributed by atoms with Crippen molar-refractivity contribution in [2.75, 3.05) is 0 Å². The molecule has 0 radical (unpaired) electrons. The normalized spacial score (nSPS) is 8.29. The minimum atomic E-state index is -6.02. The molecule has 0 unspecified atom stereocenters. The molecule has 4 nitrogen and oxygen atoms in total. The molecular formula is CaMoO4Zn. The molecule has 0 N–H and O–H groups in total. The number of hydrogen-bond donors (Lipinski definition) is 0. The van der Waals surface area contributed by atoms with Gasteiger partial charge in [0, 0.05) is 19.5 Å². The van der Waals surface area contributed by atoms with Gasteiger partial charge < -0.3 is 0 Å². The van der Waals surface area contributed by atoms with Crippen molar-refractivity contribution in [2.45, 2.75) is 0 Å². The minimum absolute atomic E-state index is 0. The minimum Gasteiger partial charge on any atom is 0 e. The van der Waals surface area contributed by atoms with Gasteiger partial charge in [-0.05, 0) is 0 Å². The van der Waals surface area contributed by atoms with Crippen molar-refractivity contribution in [3.8, 4) is 0 Å². The van der Waals surface area contributed by atoms with Gasteiger partial charge in [-0.2, -0.15) is 0 Å². The van der Waals surface area contributed by atoms with Crippen molar-refractivity contribution < 1.29 is 50.5 Å². The first kappa shape index (κ1) is 16.0. The van der Waals surface area contributed by atoms with Crippen LogP contribution in [0.1, 0.15) is 0 Å². The first-order valence-electron chi connectivity index (χ1n) is 0.667. The van der Waals surface area contributed by atoms with Gasteiger partial charge in [-0.15, -0.1) is 0 Å². The first-order chi connectivity index (χ1) is 2.00.